The van der Waals surface area contributed by atoms with Gasteiger partial charge >= 0.3 is 0 Å². The summed E-state index contributed by atoms with van der Waals surface area (Å²) in [4.78, 5) is 11.7. The maximum absolute atomic E-state index is 11.7. The number of carbonyl (C=O) groups is 1. The van der Waals surface area contributed by atoms with Gasteiger partial charge in [0, 0.05) is 0 Å². The molecule has 1 heterocycles. The molecule has 2 atom stereocenters. The average molecular weight is 288 g/mol. The van der Waals surface area contributed by atoms with Crippen LogP contribution in [0.2, 0.25) is 0 Å². The molecule has 2 unspecified atom stereocenters. The van der Waals surface area contributed by atoms with Crippen LogP contribution in [0, 0.1) is 0 Å². The Labute approximate surface area is 102 Å². The summed E-state index contributed by atoms with van der Waals surface area (Å²) < 4.78 is 5.67. The highest BCUT2D eigenvalue weighted by Gasteiger charge is 2.25. The van der Waals surface area contributed by atoms with Crippen molar-refractivity contribution in [3.8, 4) is 0 Å². The van der Waals surface area contributed by atoms with Gasteiger partial charge in [0.25, 0.3) is 5.91 Å². The minimum Gasteiger partial charge on any atom is -0.444 e. The van der Waals surface area contributed by atoms with Gasteiger partial charge in [-0.3, -0.25) is 4.79 Å². The maximum Gasteiger partial charge on any atom is 0.287 e. The number of halogens is 1. The van der Waals surface area contributed by atoms with Gasteiger partial charge in [0.05, 0.1) is 12.1 Å². The Kier molecular flexibility index (Phi) is 3.66. The smallest absolute Gasteiger partial charge is 0.287 e. The molecule has 0 aliphatic heterocycles. The lowest BCUT2D eigenvalue weighted by Gasteiger charge is -2.27. The highest BCUT2D eigenvalue weighted by molar-refractivity contribution is 9.10. The summed E-state index contributed by atoms with van der Waals surface area (Å²) >= 11 is 3.14. The van der Waals surface area contributed by atoms with Crippen molar-refractivity contribution >= 4 is 21.8 Å². The van der Waals surface area contributed by atoms with E-state index < -0.39 is 6.10 Å². The van der Waals surface area contributed by atoms with Gasteiger partial charge in [-0.1, -0.05) is 12.8 Å². The van der Waals surface area contributed by atoms with Gasteiger partial charge in [-0.05, 0) is 40.9 Å². The van der Waals surface area contributed by atoms with Crippen LogP contribution in [-0.2, 0) is 0 Å². The molecule has 4 nitrogen and oxygen atoms in total. The molecule has 2 rings (SSSR count). The van der Waals surface area contributed by atoms with Crippen molar-refractivity contribution < 1.29 is 14.3 Å². The van der Waals surface area contributed by atoms with E-state index in [-0.39, 0.29) is 17.7 Å². The zero-order valence-corrected chi connectivity index (χ0v) is 10.4. The summed E-state index contributed by atoms with van der Waals surface area (Å²) in [6.07, 6.45) is 3.22. The second-order valence-corrected chi connectivity index (χ2v) is 4.82. The maximum atomic E-state index is 11.7. The van der Waals surface area contributed by atoms with E-state index in [0.717, 1.165) is 25.7 Å². The largest absolute Gasteiger partial charge is 0.444 e. The lowest BCUT2D eigenvalue weighted by Crippen LogP contribution is -2.44. The van der Waals surface area contributed by atoms with Crippen LogP contribution in [0.25, 0.3) is 0 Å². The van der Waals surface area contributed by atoms with Crippen molar-refractivity contribution in [3.05, 3.63) is 22.6 Å². The SMILES string of the molecule is O=C(NC1CCCCC1O)c1ccc(Br)o1. The van der Waals surface area contributed by atoms with E-state index in [0.29, 0.717) is 4.67 Å². The Hall–Kier alpha value is -0.810. The first-order chi connectivity index (χ1) is 7.66. The van der Waals surface area contributed by atoms with Crippen LogP contribution in [0.15, 0.2) is 21.2 Å². The first kappa shape index (κ1) is 11.7. The molecule has 0 saturated heterocycles. The molecule has 16 heavy (non-hydrogen) atoms. The number of nitrogens with one attached hydrogen (secondary N) is 1. The van der Waals surface area contributed by atoms with Gasteiger partial charge in [-0.2, -0.15) is 0 Å². The Morgan fingerprint density at radius 1 is 1.44 bits per heavy atom. The predicted octanol–water partition coefficient (Wildman–Crippen LogP) is 2.08. The molecule has 1 fully saturated rings. The number of hydrogen-bond acceptors (Lipinski definition) is 3. The zero-order chi connectivity index (χ0) is 11.5. The molecule has 2 N–H and O–H groups in total. The van der Waals surface area contributed by atoms with Crippen molar-refractivity contribution in [1.82, 2.24) is 5.32 Å². The van der Waals surface area contributed by atoms with Crippen LogP contribution in [-0.4, -0.2) is 23.2 Å². The lowest BCUT2D eigenvalue weighted by molar-refractivity contribution is 0.0697. The van der Waals surface area contributed by atoms with Crippen molar-refractivity contribution in [2.24, 2.45) is 0 Å². The highest BCUT2D eigenvalue weighted by Crippen LogP contribution is 2.19. The molecule has 1 aromatic heterocycles. The second-order valence-electron chi connectivity index (χ2n) is 4.04. The molecular weight excluding hydrogens is 274 g/mol. The molecule has 0 aromatic carbocycles. The first-order valence-electron chi connectivity index (χ1n) is 5.41. The van der Waals surface area contributed by atoms with Gasteiger partial charge < -0.3 is 14.8 Å². The number of aliphatic hydroxyl groups is 1. The number of amides is 1. The molecule has 1 amide bonds. The van der Waals surface area contributed by atoms with E-state index in [1.807, 2.05) is 0 Å². The van der Waals surface area contributed by atoms with Gasteiger partial charge in [0.2, 0.25) is 0 Å². The van der Waals surface area contributed by atoms with E-state index in [9.17, 15) is 9.90 Å². The van der Waals surface area contributed by atoms with Crippen molar-refractivity contribution in [1.29, 1.82) is 0 Å². The molecular formula is C11H14BrNO3. The predicted molar refractivity (Wildman–Crippen MR) is 62.1 cm³/mol. The summed E-state index contributed by atoms with van der Waals surface area (Å²) in [6, 6.07) is 3.13. The molecule has 0 radical (unpaired) electrons. The van der Waals surface area contributed by atoms with E-state index in [1.54, 1.807) is 12.1 Å². The van der Waals surface area contributed by atoms with Crippen molar-refractivity contribution in [2.45, 2.75) is 37.8 Å². The molecule has 1 aromatic rings. The lowest BCUT2D eigenvalue weighted by atomic mass is 9.92. The van der Waals surface area contributed by atoms with Crippen LogP contribution >= 0.6 is 15.9 Å². The van der Waals surface area contributed by atoms with Gasteiger partial charge in [-0.15, -0.1) is 0 Å². The van der Waals surface area contributed by atoms with Crippen molar-refractivity contribution in [2.75, 3.05) is 0 Å². The van der Waals surface area contributed by atoms with Crippen LogP contribution in [0.4, 0.5) is 0 Å². The number of aliphatic hydroxyl groups excluding tert-OH is 1. The Morgan fingerprint density at radius 2 is 2.19 bits per heavy atom. The summed E-state index contributed by atoms with van der Waals surface area (Å²) in [7, 11) is 0. The summed E-state index contributed by atoms with van der Waals surface area (Å²) in [5, 5.41) is 12.5. The van der Waals surface area contributed by atoms with E-state index in [2.05, 4.69) is 21.2 Å². The zero-order valence-electron chi connectivity index (χ0n) is 8.78. The molecule has 1 saturated carbocycles. The Balaban J connectivity index is 1.96. The number of hydrogen-bond donors (Lipinski definition) is 2. The second kappa shape index (κ2) is 5.01. The summed E-state index contributed by atoms with van der Waals surface area (Å²) in [5.74, 6) is 0.00120. The standard InChI is InChI=1S/C11H14BrNO3/c12-10-6-5-9(16-10)11(15)13-7-3-1-2-4-8(7)14/h5-8,14H,1-4H2,(H,13,15). The fraction of sp³-hybridized carbons (Fsp3) is 0.545. The molecule has 1 aliphatic rings. The normalized spacial score (nSPS) is 25.4. The third kappa shape index (κ3) is 2.65. The van der Waals surface area contributed by atoms with Crippen molar-refractivity contribution in [3.63, 3.8) is 0 Å². The molecule has 1 aliphatic carbocycles. The molecule has 88 valence electrons. The minimum atomic E-state index is -0.434. The van der Waals surface area contributed by atoms with Crippen LogP contribution < -0.4 is 5.32 Å². The highest BCUT2D eigenvalue weighted by atomic mass is 79.9. The number of carbonyl (C=O) groups excluding carboxylic acids is 1. The fourth-order valence-corrected chi connectivity index (χ4v) is 2.26. The minimum absolute atomic E-state index is 0.148. The quantitative estimate of drug-likeness (QED) is 0.875. The summed E-state index contributed by atoms with van der Waals surface area (Å²) in [6.45, 7) is 0. The van der Waals surface area contributed by atoms with Gasteiger partial charge in [-0.25, -0.2) is 0 Å². The van der Waals surface area contributed by atoms with E-state index in [4.69, 9.17) is 4.42 Å². The summed E-state index contributed by atoms with van der Waals surface area (Å²) in [5.41, 5.74) is 0. The fourth-order valence-electron chi connectivity index (χ4n) is 1.96. The first-order valence-corrected chi connectivity index (χ1v) is 6.20. The molecule has 0 bridgehead atoms. The monoisotopic (exact) mass is 287 g/mol. The third-order valence-electron chi connectivity index (χ3n) is 2.84. The van der Waals surface area contributed by atoms with E-state index >= 15 is 0 Å². The third-order valence-corrected chi connectivity index (χ3v) is 3.27. The van der Waals surface area contributed by atoms with E-state index in [1.165, 1.54) is 0 Å². The number of furan rings is 1. The molecule has 0 spiro atoms. The Morgan fingerprint density at radius 3 is 2.81 bits per heavy atom. The van der Waals surface area contributed by atoms with Gasteiger partial charge in [0.15, 0.2) is 10.4 Å². The number of rotatable bonds is 2. The van der Waals surface area contributed by atoms with Crippen LogP contribution in [0.3, 0.4) is 0 Å². The van der Waals surface area contributed by atoms with Crippen LogP contribution in [0.1, 0.15) is 36.2 Å². The van der Waals surface area contributed by atoms with Gasteiger partial charge in [0.1, 0.15) is 0 Å². The molecule has 5 heteroatoms. The topological polar surface area (TPSA) is 62.5 Å². The van der Waals surface area contributed by atoms with Crippen LogP contribution in [0.5, 0.6) is 0 Å². The Bertz CT molecular complexity index is 377. The average Bonchev–Trinajstić information content (AvgIpc) is 2.68.